The van der Waals surface area contributed by atoms with Crippen LogP contribution >= 0.6 is 0 Å². The maximum atomic E-state index is 12.0. The van der Waals surface area contributed by atoms with E-state index in [-0.39, 0.29) is 0 Å². The Morgan fingerprint density at radius 2 is 1.88 bits per heavy atom. The summed E-state index contributed by atoms with van der Waals surface area (Å²) >= 11 is 0. The average molecular weight is 222 g/mol. The first kappa shape index (κ1) is 10.6. The van der Waals surface area contributed by atoms with Crippen molar-refractivity contribution < 1.29 is 4.79 Å². The van der Waals surface area contributed by atoms with E-state index in [1.165, 1.54) is 19.3 Å². The molecule has 0 heterocycles. The summed E-state index contributed by atoms with van der Waals surface area (Å²) in [6, 6.07) is 0. The fourth-order valence-corrected chi connectivity index (χ4v) is 4.27. The molecule has 0 aromatic carbocycles. The summed E-state index contributed by atoms with van der Waals surface area (Å²) in [5, 5.41) is 6.20. The number of rotatable bonds is 5. The van der Waals surface area contributed by atoms with Gasteiger partial charge in [-0.1, -0.05) is 0 Å². The molecule has 4 unspecified atom stereocenters. The Morgan fingerprint density at radius 1 is 1.19 bits per heavy atom. The van der Waals surface area contributed by atoms with E-state index in [1.807, 2.05) is 7.05 Å². The minimum absolute atomic E-state index is 0.350. The van der Waals surface area contributed by atoms with Crippen molar-refractivity contribution in [2.45, 2.75) is 25.7 Å². The molecule has 4 atom stereocenters. The second-order valence-corrected chi connectivity index (χ2v) is 5.76. The molecule has 0 aliphatic heterocycles. The van der Waals surface area contributed by atoms with Gasteiger partial charge in [0.15, 0.2) is 0 Å². The Kier molecular flexibility index (Phi) is 2.66. The van der Waals surface area contributed by atoms with Crippen molar-refractivity contribution in [3.63, 3.8) is 0 Å². The van der Waals surface area contributed by atoms with E-state index in [1.54, 1.807) is 0 Å². The van der Waals surface area contributed by atoms with Crippen LogP contribution in [0.1, 0.15) is 25.7 Å². The molecule has 3 heteroatoms. The van der Waals surface area contributed by atoms with Gasteiger partial charge in [0.1, 0.15) is 0 Å². The Morgan fingerprint density at radius 3 is 2.50 bits per heavy atom. The van der Waals surface area contributed by atoms with Crippen molar-refractivity contribution in [3.05, 3.63) is 0 Å². The van der Waals surface area contributed by atoms with Gasteiger partial charge in [0.25, 0.3) is 0 Å². The third-order valence-electron chi connectivity index (χ3n) is 4.94. The third kappa shape index (κ3) is 1.56. The van der Waals surface area contributed by atoms with Gasteiger partial charge in [-0.2, -0.15) is 0 Å². The van der Waals surface area contributed by atoms with E-state index in [0.717, 1.165) is 43.2 Å². The highest BCUT2D eigenvalue weighted by atomic mass is 16.2. The summed E-state index contributed by atoms with van der Waals surface area (Å²) in [4.78, 5) is 12.0. The van der Waals surface area contributed by atoms with Crippen LogP contribution in [0.2, 0.25) is 0 Å². The van der Waals surface area contributed by atoms with Crippen LogP contribution in [-0.2, 0) is 4.79 Å². The number of amides is 1. The molecule has 3 aliphatic carbocycles. The number of fused-ring (bicyclic) bond motifs is 5. The minimum atomic E-state index is 0.350. The lowest BCUT2D eigenvalue weighted by molar-refractivity contribution is -0.123. The zero-order valence-corrected chi connectivity index (χ0v) is 10.0. The zero-order valence-electron chi connectivity index (χ0n) is 10.0. The van der Waals surface area contributed by atoms with E-state index < -0.39 is 0 Å². The van der Waals surface area contributed by atoms with Crippen LogP contribution < -0.4 is 10.6 Å². The van der Waals surface area contributed by atoms with Gasteiger partial charge in [-0.25, -0.2) is 0 Å². The predicted molar refractivity (Wildman–Crippen MR) is 62.9 cm³/mol. The Bertz CT molecular complexity index is 276. The molecule has 3 rings (SSSR count). The highest BCUT2D eigenvalue weighted by molar-refractivity contribution is 5.82. The smallest absolute Gasteiger partial charge is 0.223 e. The quantitative estimate of drug-likeness (QED) is 0.682. The predicted octanol–water partition coefficient (Wildman–Crippen LogP) is 1.00. The van der Waals surface area contributed by atoms with Gasteiger partial charge in [-0.15, -0.1) is 0 Å². The molecule has 90 valence electrons. The lowest BCUT2D eigenvalue weighted by atomic mass is 10.0. The van der Waals surface area contributed by atoms with E-state index in [2.05, 4.69) is 10.6 Å². The van der Waals surface area contributed by atoms with Crippen LogP contribution in [0, 0.1) is 29.6 Å². The summed E-state index contributed by atoms with van der Waals surface area (Å²) in [6.07, 6.45) is 5.26. The van der Waals surface area contributed by atoms with Crippen molar-refractivity contribution in [3.8, 4) is 0 Å². The van der Waals surface area contributed by atoms with Crippen molar-refractivity contribution in [2.24, 2.45) is 29.6 Å². The van der Waals surface area contributed by atoms with Crippen molar-refractivity contribution >= 4 is 5.91 Å². The first-order valence-corrected chi connectivity index (χ1v) is 6.75. The highest BCUT2D eigenvalue weighted by Crippen LogP contribution is 2.69. The molecule has 2 N–H and O–H groups in total. The second kappa shape index (κ2) is 4.02. The summed E-state index contributed by atoms with van der Waals surface area (Å²) < 4.78 is 0. The van der Waals surface area contributed by atoms with Gasteiger partial charge in [-0.3, -0.25) is 4.79 Å². The normalized spacial score (nSPS) is 43.2. The van der Waals surface area contributed by atoms with Gasteiger partial charge >= 0.3 is 0 Å². The molecular weight excluding hydrogens is 200 g/mol. The lowest BCUT2D eigenvalue weighted by Crippen LogP contribution is -2.29. The fourth-order valence-electron chi connectivity index (χ4n) is 4.27. The van der Waals surface area contributed by atoms with Crippen molar-refractivity contribution in [1.82, 2.24) is 10.6 Å². The Hall–Kier alpha value is -0.570. The molecule has 0 spiro atoms. The molecule has 3 saturated carbocycles. The number of nitrogens with one attached hydrogen (secondary N) is 2. The average Bonchev–Trinajstić information content (AvgIpc) is 2.74. The van der Waals surface area contributed by atoms with Gasteiger partial charge in [-0.05, 0) is 62.9 Å². The number of carbonyl (C=O) groups is 1. The first-order valence-electron chi connectivity index (χ1n) is 6.75. The summed E-state index contributed by atoms with van der Waals surface area (Å²) in [6.45, 7) is 1.83. The number of carbonyl (C=O) groups excluding carboxylic acids is 1. The molecule has 0 saturated heterocycles. The third-order valence-corrected chi connectivity index (χ3v) is 4.94. The van der Waals surface area contributed by atoms with Crippen molar-refractivity contribution in [2.75, 3.05) is 20.1 Å². The standard InChI is InChI=1S/C13H22N2O/c1-14-5-2-6-15-13(16)12-10-8-3-4-9(7-8)11(10)12/h8-12,14H,2-7H2,1H3,(H,15,16). The Labute approximate surface area is 97.4 Å². The monoisotopic (exact) mass is 222 g/mol. The largest absolute Gasteiger partial charge is 0.356 e. The molecule has 0 aromatic heterocycles. The molecule has 1 amide bonds. The molecule has 16 heavy (non-hydrogen) atoms. The van der Waals surface area contributed by atoms with Gasteiger partial charge in [0.05, 0.1) is 0 Å². The van der Waals surface area contributed by atoms with Gasteiger partial charge in [0.2, 0.25) is 5.91 Å². The van der Waals surface area contributed by atoms with Crippen LogP contribution in [0.25, 0.3) is 0 Å². The minimum Gasteiger partial charge on any atom is -0.356 e. The van der Waals surface area contributed by atoms with Crippen LogP contribution in [0.4, 0.5) is 0 Å². The van der Waals surface area contributed by atoms with Crippen LogP contribution in [0.15, 0.2) is 0 Å². The molecule has 3 fully saturated rings. The number of hydrogen-bond acceptors (Lipinski definition) is 2. The molecule has 0 aromatic rings. The summed E-state index contributed by atoms with van der Waals surface area (Å²) in [7, 11) is 1.95. The van der Waals surface area contributed by atoms with E-state index in [0.29, 0.717) is 11.8 Å². The maximum absolute atomic E-state index is 12.0. The van der Waals surface area contributed by atoms with Crippen LogP contribution in [0.3, 0.4) is 0 Å². The van der Waals surface area contributed by atoms with E-state index in [4.69, 9.17) is 0 Å². The highest BCUT2D eigenvalue weighted by Gasteiger charge is 2.67. The maximum Gasteiger partial charge on any atom is 0.223 e. The first-order chi connectivity index (χ1) is 7.83. The summed E-state index contributed by atoms with van der Waals surface area (Å²) in [5.41, 5.74) is 0. The Balaban J connectivity index is 1.44. The summed E-state index contributed by atoms with van der Waals surface area (Å²) in [5.74, 6) is 4.13. The second-order valence-electron chi connectivity index (χ2n) is 5.76. The molecule has 3 nitrogen and oxygen atoms in total. The van der Waals surface area contributed by atoms with E-state index >= 15 is 0 Å². The van der Waals surface area contributed by atoms with Gasteiger partial charge in [0, 0.05) is 12.5 Å². The fraction of sp³-hybridized carbons (Fsp3) is 0.923. The SMILES string of the molecule is CNCCCNC(=O)C1C2C3CCC(C3)C12. The molecule has 0 radical (unpaired) electrons. The van der Waals surface area contributed by atoms with Gasteiger partial charge < -0.3 is 10.6 Å². The van der Waals surface area contributed by atoms with E-state index in [9.17, 15) is 4.79 Å². The molecule has 2 bridgehead atoms. The molecular formula is C13H22N2O. The number of hydrogen-bond donors (Lipinski definition) is 2. The lowest BCUT2D eigenvalue weighted by Gasteiger charge is -2.09. The van der Waals surface area contributed by atoms with Crippen LogP contribution in [-0.4, -0.2) is 26.0 Å². The van der Waals surface area contributed by atoms with Crippen molar-refractivity contribution in [1.29, 1.82) is 0 Å². The topological polar surface area (TPSA) is 41.1 Å². The van der Waals surface area contributed by atoms with Crippen LogP contribution in [0.5, 0.6) is 0 Å². The molecule has 3 aliphatic rings. The zero-order chi connectivity index (χ0) is 11.1.